The van der Waals surface area contributed by atoms with Crippen LogP contribution < -0.4 is 20.1 Å². The molecule has 0 saturated heterocycles. The van der Waals surface area contributed by atoms with Crippen LogP contribution in [0, 0.1) is 6.92 Å². The van der Waals surface area contributed by atoms with E-state index in [0.717, 1.165) is 5.56 Å². The average molecular weight is 287 g/mol. The van der Waals surface area contributed by atoms with Gasteiger partial charge >= 0.3 is 6.03 Å². The van der Waals surface area contributed by atoms with Crippen LogP contribution in [0.5, 0.6) is 11.5 Å². The van der Waals surface area contributed by atoms with Crippen molar-refractivity contribution < 1.29 is 14.3 Å². The summed E-state index contributed by atoms with van der Waals surface area (Å²) in [5.41, 5.74) is 1.59. The third-order valence-corrected chi connectivity index (χ3v) is 2.76. The van der Waals surface area contributed by atoms with Gasteiger partial charge in [0.15, 0.2) is 0 Å². The standard InChI is InChI=1S/C15H17N3O3/c1-10-4-5-14(16-9-10)18-15(19)17-11-6-12(20-2)8-13(7-11)21-3/h4-9H,1-3H3,(H2,16,17,18,19). The number of nitrogens with one attached hydrogen (secondary N) is 2. The minimum atomic E-state index is -0.387. The Bertz CT molecular complexity index is 604. The van der Waals surface area contributed by atoms with Gasteiger partial charge in [0.2, 0.25) is 0 Å². The number of carbonyl (C=O) groups is 1. The summed E-state index contributed by atoms with van der Waals surface area (Å²) in [6.45, 7) is 1.93. The van der Waals surface area contributed by atoms with Gasteiger partial charge in [0, 0.05) is 30.1 Å². The lowest BCUT2D eigenvalue weighted by Gasteiger charge is -2.10. The molecule has 0 radical (unpaired) electrons. The lowest BCUT2D eigenvalue weighted by Crippen LogP contribution is -2.20. The van der Waals surface area contributed by atoms with E-state index in [-0.39, 0.29) is 6.03 Å². The van der Waals surface area contributed by atoms with Crippen LogP contribution in [-0.2, 0) is 0 Å². The summed E-state index contributed by atoms with van der Waals surface area (Å²) in [6.07, 6.45) is 1.68. The molecule has 6 heteroatoms. The van der Waals surface area contributed by atoms with Crippen LogP contribution in [0.4, 0.5) is 16.3 Å². The number of ether oxygens (including phenoxy) is 2. The lowest BCUT2D eigenvalue weighted by molar-refractivity contribution is 0.262. The molecule has 2 rings (SSSR count). The van der Waals surface area contributed by atoms with E-state index in [0.29, 0.717) is 23.0 Å². The van der Waals surface area contributed by atoms with Gasteiger partial charge in [-0.3, -0.25) is 5.32 Å². The second-order valence-corrected chi connectivity index (χ2v) is 4.40. The maximum absolute atomic E-state index is 11.9. The molecule has 2 N–H and O–H groups in total. The number of aromatic nitrogens is 1. The van der Waals surface area contributed by atoms with Crippen molar-refractivity contribution in [1.29, 1.82) is 0 Å². The minimum absolute atomic E-state index is 0.387. The van der Waals surface area contributed by atoms with Crippen LogP contribution in [0.25, 0.3) is 0 Å². The molecule has 0 bridgehead atoms. The Kier molecular flexibility index (Phi) is 4.61. The zero-order valence-electron chi connectivity index (χ0n) is 12.1. The SMILES string of the molecule is COc1cc(NC(=O)Nc2ccc(C)cn2)cc(OC)c1. The second kappa shape index (κ2) is 6.60. The van der Waals surface area contributed by atoms with Crippen LogP contribution in [0.2, 0.25) is 0 Å². The number of amides is 2. The first-order chi connectivity index (χ1) is 10.1. The normalized spacial score (nSPS) is 9.86. The number of rotatable bonds is 4. The molecular formula is C15H17N3O3. The number of urea groups is 1. The summed E-state index contributed by atoms with van der Waals surface area (Å²) in [5.74, 6) is 1.67. The second-order valence-electron chi connectivity index (χ2n) is 4.40. The number of carbonyl (C=O) groups excluding carboxylic acids is 1. The number of hydrogen-bond donors (Lipinski definition) is 2. The molecule has 0 fully saturated rings. The highest BCUT2D eigenvalue weighted by Gasteiger charge is 2.06. The molecule has 0 aliphatic rings. The fraction of sp³-hybridized carbons (Fsp3) is 0.200. The Morgan fingerprint density at radius 2 is 1.71 bits per heavy atom. The zero-order chi connectivity index (χ0) is 15.2. The Morgan fingerprint density at radius 3 is 2.24 bits per heavy atom. The van der Waals surface area contributed by atoms with Crippen molar-refractivity contribution in [2.75, 3.05) is 24.9 Å². The van der Waals surface area contributed by atoms with Crippen molar-refractivity contribution in [1.82, 2.24) is 4.98 Å². The van der Waals surface area contributed by atoms with E-state index < -0.39 is 0 Å². The monoisotopic (exact) mass is 287 g/mol. The highest BCUT2D eigenvalue weighted by Crippen LogP contribution is 2.25. The van der Waals surface area contributed by atoms with Gasteiger partial charge in [-0.05, 0) is 18.6 Å². The van der Waals surface area contributed by atoms with Crippen molar-refractivity contribution in [3.8, 4) is 11.5 Å². The minimum Gasteiger partial charge on any atom is -0.497 e. The number of hydrogen-bond acceptors (Lipinski definition) is 4. The fourth-order valence-electron chi connectivity index (χ4n) is 1.70. The molecule has 0 atom stereocenters. The van der Waals surface area contributed by atoms with Gasteiger partial charge in [0.25, 0.3) is 0 Å². The average Bonchev–Trinajstić information content (AvgIpc) is 2.49. The first kappa shape index (κ1) is 14.6. The number of aryl methyl sites for hydroxylation is 1. The van der Waals surface area contributed by atoms with Crippen LogP contribution in [0.3, 0.4) is 0 Å². The smallest absolute Gasteiger partial charge is 0.324 e. The van der Waals surface area contributed by atoms with Gasteiger partial charge in [-0.15, -0.1) is 0 Å². The summed E-state index contributed by atoms with van der Waals surface area (Å²) >= 11 is 0. The number of nitrogens with zero attached hydrogens (tertiary/aromatic N) is 1. The molecule has 0 spiro atoms. The van der Waals surface area contributed by atoms with Gasteiger partial charge in [-0.1, -0.05) is 6.07 Å². The van der Waals surface area contributed by atoms with Crippen molar-refractivity contribution in [3.63, 3.8) is 0 Å². The molecular weight excluding hydrogens is 270 g/mol. The molecule has 1 aromatic carbocycles. The molecule has 2 aromatic rings. The maximum atomic E-state index is 11.9. The summed E-state index contributed by atoms with van der Waals surface area (Å²) in [6, 6.07) is 8.35. The lowest BCUT2D eigenvalue weighted by atomic mass is 10.3. The number of pyridine rings is 1. The molecule has 0 aliphatic carbocycles. The van der Waals surface area contributed by atoms with Crippen molar-refractivity contribution in [2.24, 2.45) is 0 Å². The molecule has 1 aromatic heterocycles. The predicted octanol–water partition coefficient (Wildman–Crippen LogP) is 3.05. The molecule has 0 unspecified atom stereocenters. The Hall–Kier alpha value is -2.76. The van der Waals surface area contributed by atoms with E-state index in [1.54, 1.807) is 44.7 Å². The third kappa shape index (κ3) is 4.10. The summed E-state index contributed by atoms with van der Waals surface area (Å²) in [7, 11) is 3.10. The van der Waals surface area contributed by atoms with Gasteiger partial charge in [-0.25, -0.2) is 9.78 Å². The summed E-state index contributed by atoms with van der Waals surface area (Å²) in [4.78, 5) is 16.0. The molecule has 0 saturated carbocycles. The highest BCUT2D eigenvalue weighted by atomic mass is 16.5. The zero-order valence-corrected chi connectivity index (χ0v) is 12.1. The molecule has 1 heterocycles. The first-order valence-corrected chi connectivity index (χ1v) is 6.34. The Balaban J connectivity index is 2.06. The highest BCUT2D eigenvalue weighted by molar-refractivity contribution is 5.99. The summed E-state index contributed by atoms with van der Waals surface area (Å²) < 4.78 is 10.3. The Morgan fingerprint density at radius 1 is 1.05 bits per heavy atom. The largest absolute Gasteiger partial charge is 0.497 e. The fourth-order valence-corrected chi connectivity index (χ4v) is 1.70. The van der Waals surface area contributed by atoms with Crippen molar-refractivity contribution in [2.45, 2.75) is 6.92 Å². The molecule has 21 heavy (non-hydrogen) atoms. The number of benzene rings is 1. The van der Waals surface area contributed by atoms with Crippen molar-refractivity contribution in [3.05, 3.63) is 42.1 Å². The van der Waals surface area contributed by atoms with E-state index in [1.165, 1.54) is 0 Å². The van der Waals surface area contributed by atoms with Crippen LogP contribution in [-0.4, -0.2) is 25.2 Å². The van der Waals surface area contributed by atoms with Gasteiger partial charge in [-0.2, -0.15) is 0 Å². The van der Waals surface area contributed by atoms with E-state index >= 15 is 0 Å². The topological polar surface area (TPSA) is 72.5 Å². The van der Waals surface area contributed by atoms with E-state index in [9.17, 15) is 4.79 Å². The van der Waals surface area contributed by atoms with Gasteiger partial charge in [0.05, 0.1) is 14.2 Å². The van der Waals surface area contributed by atoms with Gasteiger partial charge < -0.3 is 14.8 Å². The third-order valence-electron chi connectivity index (χ3n) is 2.76. The molecule has 2 amide bonds. The van der Waals surface area contributed by atoms with Gasteiger partial charge in [0.1, 0.15) is 17.3 Å². The van der Waals surface area contributed by atoms with Crippen LogP contribution >= 0.6 is 0 Å². The molecule has 0 aliphatic heterocycles. The maximum Gasteiger partial charge on any atom is 0.324 e. The Labute approximate surface area is 123 Å². The van der Waals surface area contributed by atoms with Crippen LogP contribution in [0.1, 0.15) is 5.56 Å². The molecule has 6 nitrogen and oxygen atoms in total. The van der Waals surface area contributed by atoms with E-state index in [2.05, 4.69) is 15.6 Å². The van der Waals surface area contributed by atoms with E-state index in [1.807, 2.05) is 13.0 Å². The van der Waals surface area contributed by atoms with Crippen LogP contribution in [0.15, 0.2) is 36.5 Å². The van der Waals surface area contributed by atoms with E-state index in [4.69, 9.17) is 9.47 Å². The molecule has 110 valence electrons. The number of methoxy groups -OCH3 is 2. The summed E-state index contributed by atoms with van der Waals surface area (Å²) in [5, 5.41) is 5.35. The quantitative estimate of drug-likeness (QED) is 0.906. The first-order valence-electron chi connectivity index (χ1n) is 6.34. The predicted molar refractivity (Wildman–Crippen MR) is 81.2 cm³/mol. The number of anilines is 2. The van der Waals surface area contributed by atoms with Crippen molar-refractivity contribution >= 4 is 17.5 Å².